The van der Waals surface area contributed by atoms with E-state index < -0.39 is 24.0 Å². The van der Waals surface area contributed by atoms with Crippen LogP contribution in [0.15, 0.2) is 41.9 Å². The van der Waals surface area contributed by atoms with Gasteiger partial charge < -0.3 is 15.7 Å². The zero-order valence-electron chi connectivity index (χ0n) is 13.8. The van der Waals surface area contributed by atoms with Crippen LogP contribution in [0.1, 0.15) is 31.2 Å². The molecule has 1 unspecified atom stereocenters. The lowest BCUT2D eigenvalue weighted by Gasteiger charge is -2.30. The fourth-order valence-corrected chi connectivity index (χ4v) is 3.88. The Morgan fingerprint density at radius 2 is 1.96 bits per heavy atom. The summed E-state index contributed by atoms with van der Waals surface area (Å²) in [6.45, 7) is -0.464. The maximum atomic E-state index is 13.0. The van der Waals surface area contributed by atoms with Gasteiger partial charge in [-0.2, -0.15) is 0 Å². The Morgan fingerprint density at radius 1 is 1.24 bits per heavy atom. The van der Waals surface area contributed by atoms with Gasteiger partial charge in [-0.15, -0.1) is 11.3 Å². The Hall–Kier alpha value is -2.25. The molecule has 1 aromatic carbocycles. The van der Waals surface area contributed by atoms with E-state index >= 15 is 0 Å². The SMILES string of the molecule is O=C(Nc1nccs1)C(CO)NC(=O)C1(c2ccccc2)CCCC1. The third-order valence-corrected chi connectivity index (χ3v) is 5.37. The summed E-state index contributed by atoms with van der Waals surface area (Å²) in [5.41, 5.74) is 0.331. The highest BCUT2D eigenvalue weighted by molar-refractivity contribution is 7.13. The summed E-state index contributed by atoms with van der Waals surface area (Å²) in [4.78, 5) is 29.3. The second kappa shape index (κ2) is 7.76. The van der Waals surface area contributed by atoms with Gasteiger partial charge in [-0.25, -0.2) is 4.98 Å². The number of carbonyl (C=O) groups is 2. The molecule has 0 radical (unpaired) electrons. The highest BCUT2D eigenvalue weighted by Gasteiger charge is 2.43. The third-order valence-electron chi connectivity index (χ3n) is 4.68. The summed E-state index contributed by atoms with van der Waals surface area (Å²) < 4.78 is 0. The molecule has 6 nitrogen and oxygen atoms in total. The first kappa shape index (κ1) is 17.6. The van der Waals surface area contributed by atoms with E-state index in [0.717, 1.165) is 31.2 Å². The molecular formula is C18H21N3O3S. The van der Waals surface area contributed by atoms with E-state index in [1.54, 1.807) is 11.6 Å². The van der Waals surface area contributed by atoms with Crippen LogP contribution in [-0.2, 0) is 15.0 Å². The molecule has 132 valence electrons. The van der Waals surface area contributed by atoms with Crippen LogP contribution in [0.3, 0.4) is 0 Å². The lowest BCUT2D eigenvalue weighted by Crippen LogP contribution is -2.52. The van der Waals surface area contributed by atoms with Crippen molar-refractivity contribution in [2.75, 3.05) is 11.9 Å². The summed E-state index contributed by atoms with van der Waals surface area (Å²) in [5.74, 6) is -0.670. The predicted molar refractivity (Wildman–Crippen MR) is 96.3 cm³/mol. The summed E-state index contributed by atoms with van der Waals surface area (Å²) in [6, 6.07) is 8.66. The van der Waals surface area contributed by atoms with Gasteiger partial charge in [-0.05, 0) is 18.4 Å². The van der Waals surface area contributed by atoms with E-state index in [9.17, 15) is 14.7 Å². The van der Waals surface area contributed by atoms with Gasteiger partial charge in [-0.3, -0.25) is 9.59 Å². The quantitative estimate of drug-likeness (QED) is 0.736. The number of nitrogens with one attached hydrogen (secondary N) is 2. The van der Waals surface area contributed by atoms with Crippen molar-refractivity contribution in [3.8, 4) is 0 Å². The third kappa shape index (κ3) is 3.72. The predicted octanol–water partition coefficient (Wildman–Crippen LogP) is 2.07. The number of aromatic nitrogens is 1. The van der Waals surface area contributed by atoms with Crippen LogP contribution < -0.4 is 10.6 Å². The molecule has 3 N–H and O–H groups in total. The molecule has 1 aromatic heterocycles. The second-order valence-electron chi connectivity index (χ2n) is 6.19. The number of amides is 2. The highest BCUT2D eigenvalue weighted by Crippen LogP contribution is 2.41. The number of anilines is 1. The summed E-state index contributed by atoms with van der Waals surface area (Å²) in [7, 11) is 0. The molecule has 1 heterocycles. The Bertz CT molecular complexity index is 712. The minimum absolute atomic E-state index is 0.204. The number of hydrogen-bond donors (Lipinski definition) is 3. The maximum Gasteiger partial charge on any atom is 0.251 e. The zero-order chi connectivity index (χ0) is 17.7. The van der Waals surface area contributed by atoms with Gasteiger partial charge in [0.05, 0.1) is 12.0 Å². The van der Waals surface area contributed by atoms with Crippen LogP contribution in [-0.4, -0.2) is 34.6 Å². The standard InChI is InChI=1S/C18H21N3O3S/c22-12-14(15(23)21-17-19-10-11-25-17)20-16(24)18(8-4-5-9-18)13-6-2-1-3-7-13/h1-3,6-7,10-11,14,22H,4-5,8-9,12H2,(H,20,24)(H,19,21,23). The van der Waals surface area contributed by atoms with Gasteiger partial charge in [0.25, 0.3) is 5.91 Å². The number of rotatable bonds is 6. The molecule has 2 amide bonds. The van der Waals surface area contributed by atoms with E-state index in [1.165, 1.54) is 11.3 Å². The lowest BCUT2D eigenvalue weighted by atomic mass is 9.78. The van der Waals surface area contributed by atoms with Crippen LogP contribution in [0.4, 0.5) is 5.13 Å². The van der Waals surface area contributed by atoms with E-state index in [0.29, 0.717) is 5.13 Å². The topological polar surface area (TPSA) is 91.3 Å². The molecule has 2 aromatic rings. The van der Waals surface area contributed by atoms with Crippen molar-refractivity contribution in [3.63, 3.8) is 0 Å². The summed E-state index contributed by atoms with van der Waals surface area (Å²) >= 11 is 1.28. The molecule has 1 atom stereocenters. The average Bonchev–Trinajstić information content (AvgIpc) is 3.32. The van der Waals surface area contributed by atoms with Crippen molar-refractivity contribution in [2.24, 2.45) is 0 Å². The van der Waals surface area contributed by atoms with Crippen LogP contribution >= 0.6 is 11.3 Å². The number of nitrogens with zero attached hydrogens (tertiary/aromatic N) is 1. The van der Waals surface area contributed by atoms with Crippen LogP contribution in [0.25, 0.3) is 0 Å². The average molecular weight is 359 g/mol. The van der Waals surface area contributed by atoms with Crippen molar-refractivity contribution >= 4 is 28.3 Å². The maximum absolute atomic E-state index is 13.0. The molecule has 1 aliphatic carbocycles. The Labute approximate surface area is 150 Å². The van der Waals surface area contributed by atoms with Gasteiger partial charge in [0.2, 0.25) is 5.91 Å². The lowest BCUT2D eigenvalue weighted by molar-refractivity contribution is -0.131. The second-order valence-corrected chi connectivity index (χ2v) is 7.08. The molecule has 1 aliphatic rings. The van der Waals surface area contributed by atoms with Crippen molar-refractivity contribution in [1.29, 1.82) is 0 Å². The zero-order valence-corrected chi connectivity index (χ0v) is 14.6. The van der Waals surface area contributed by atoms with Gasteiger partial charge >= 0.3 is 0 Å². The van der Waals surface area contributed by atoms with Crippen LogP contribution in [0.5, 0.6) is 0 Å². The number of thiazole rings is 1. The smallest absolute Gasteiger partial charge is 0.251 e. The van der Waals surface area contributed by atoms with Gasteiger partial charge in [0.1, 0.15) is 6.04 Å². The minimum atomic E-state index is -1.00. The molecule has 0 aliphatic heterocycles. The monoisotopic (exact) mass is 359 g/mol. The number of benzene rings is 1. The Balaban J connectivity index is 1.75. The number of aliphatic hydroxyl groups is 1. The minimum Gasteiger partial charge on any atom is -0.394 e. The van der Waals surface area contributed by atoms with E-state index in [2.05, 4.69) is 15.6 Å². The number of aliphatic hydroxyl groups excluding tert-OH is 1. The molecule has 3 rings (SSSR count). The fourth-order valence-electron chi connectivity index (χ4n) is 3.35. The first-order valence-electron chi connectivity index (χ1n) is 8.33. The number of carbonyl (C=O) groups excluding carboxylic acids is 2. The Kier molecular flexibility index (Phi) is 5.45. The summed E-state index contributed by atoms with van der Waals surface area (Å²) in [5, 5.41) is 17.1. The molecule has 0 saturated heterocycles. The number of hydrogen-bond acceptors (Lipinski definition) is 5. The van der Waals surface area contributed by atoms with Crippen molar-refractivity contribution in [1.82, 2.24) is 10.3 Å². The molecule has 0 spiro atoms. The Morgan fingerprint density at radius 3 is 2.56 bits per heavy atom. The van der Waals surface area contributed by atoms with Gasteiger partial charge in [0, 0.05) is 11.6 Å². The first-order chi connectivity index (χ1) is 12.2. The van der Waals surface area contributed by atoms with E-state index in [1.807, 2.05) is 30.3 Å². The largest absolute Gasteiger partial charge is 0.394 e. The van der Waals surface area contributed by atoms with Gasteiger partial charge in [-0.1, -0.05) is 43.2 Å². The van der Waals surface area contributed by atoms with Crippen molar-refractivity contribution in [3.05, 3.63) is 47.5 Å². The molecule has 1 saturated carbocycles. The molecule has 0 bridgehead atoms. The molecule has 7 heteroatoms. The van der Waals surface area contributed by atoms with Crippen molar-refractivity contribution < 1.29 is 14.7 Å². The van der Waals surface area contributed by atoms with E-state index in [4.69, 9.17) is 0 Å². The van der Waals surface area contributed by atoms with Crippen LogP contribution in [0, 0.1) is 0 Å². The molecule has 25 heavy (non-hydrogen) atoms. The van der Waals surface area contributed by atoms with E-state index in [-0.39, 0.29) is 5.91 Å². The molecule has 1 fully saturated rings. The molecular weight excluding hydrogens is 338 g/mol. The van der Waals surface area contributed by atoms with Crippen LogP contribution in [0.2, 0.25) is 0 Å². The van der Waals surface area contributed by atoms with Gasteiger partial charge in [0.15, 0.2) is 5.13 Å². The normalized spacial score (nSPS) is 17.0. The summed E-state index contributed by atoms with van der Waals surface area (Å²) in [6.07, 6.45) is 5.01. The highest BCUT2D eigenvalue weighted by atomic mass is 32.1. The fraction of sp³-hybridized carbons (Fsp3) is 0.389. The van der Waals surface area contributed by atoms with Crippen molar-refractivity contribution in [2.45, 2.75) is 37.1 Å². The first-order valence-corrected chi connectivity index (χ1v) is 9.21.